The normalized spacial score (nSPS) is 17.0. The lowest BCUT2D eigenvalue weighted by atomic mass is 9.93. The van der Waals surface area contributed by atoms with E-state index in [9.17, 15) is 4.79 Å². The first kappa shape index (κ1) is 15.3. The molecule has 0 amide bonds. The van der Waals surface area contributed by atoms with Gasteiger partial charge >= 0.3 is 5.97 Å². The Morgan fingerprint density at radius 2 is 2.29 bits per heavy atom. The minimum Gasteiger partial charge on any atom is -0.458 e. The average Bonchev–Trinajstić information content (AvgIpc) is 3.08. The summed E-state index contributed by atoms with van der Waals surface area (Å²) in [6.07, 6.45) is 3.84. The van der Waals surface area contributed by atoms with Crippen LogP contribution in [-0.2, 0) is 24.6 Å². The van der Waals surface area contributed by atoms with Gasteiger partial charge in [0, 0.05) is 40.8 Å². The van der Waals surface area contributed by atoms with Gasteiger partial charge in [-0.25, -0.2) is 4.79 Å². The van der Waals surface area contributed by atoms with Crippen molar-refractivity contribution in [3.05, 3.63) is 51.9 Å². The minimum absolute atomic E-state index is 0.123. The van der Waals surface area contributed by atoms with E-state index < -0.39 is 0 Å². The molecule has 0 fully saturated rings. The Labute approximate surface area is 144 Å². The van der Waals surface area contributed by atoms with E-state index in [-0.39, 0.29) is 12.1 Å². The highest BCUT2D eigenvalue weighted by Crippen LogP contribution is 2.32. The Kier molecular flexibility index (Phi) is 3.61. The highest BCUT2D eigenvalue weighted by Gasteiger charge is 2.26. The fourth-order valence-electron chi connectivity index (χ4n) is 3.37. The Morgan fingerprint density at radius 1 is 1.46 bits per heavy atom. The van der Waals surface area contributed by atoms with Crippen molar-refractivity contribution in [3.8, 4) is 0 Å². The molecule has 5 nitrogen and oxygen atoms in total. The van der Waals surface area contributed by atoms with Gasteiger partial charge in [-0.2, -0.15) is 5.10 Å². The van der Waals surface area contributed by atoms with Crippen LogP contribution < -0.4 is 0 Å². The fourth-order valence-corrected chi connectivity index (χ4v) is 3.54. The highest BCUT2D eigenvalue weighted by atomic mass is 35.5. The molecule has 0 radical (unpaired) electrons. The summed E-state index contributed by atoms with van der Waals surface area (Å²) < 4.78 is 7.42. The number of aryl methyl sites for hydroxylation is 2. The van der Waals surface area contributed by atoms with Gasteiger partial charge in [0.15, 0.2) is 0 Å². The summed E-state index contributed by atoms with van der Waals surface area (Å²) in [4.78, 5) is 15.9. The van der Waals surface area contributed by atoms with Gasteiger partial charge < -0.3 is 9.72 Å². The standard InChI is InChI=1S/C18H18ClN3O2/c1-10-15(9-20-22(10)2)18(23)24-12-4-6-17-14(8-12)13-7-11(19)3-5-16(13)21-17/h3,5,7,9,12,21H,4,6,8H2,1-2H3/t12-/m0/s1. The second kappa shape index (κ2) is 5.67. The fraction of sp³-hybridized carbons (Fsp3) is 0.333. The third kappa shape index (κ3) is 2.49. The zero-order chi connectivity index (χ0) is 16.8. The predicted octanol–water partition coefficient (Wildman–Crippen LogP) is 3.58. The van der Waals surface area contributed by atoms with E-state index in [0.717, 1.165) is 34.5 Å². The van der Waals surface area contributed by atoms with Gasteiger partial charge in [-0.1, -0.05) is 11.6 Å². The lowest BCUT2D eigenvalue weighted by molar-refractivity contribution is 0.0270. The van der Waals surface area contributed by atoms with E-state index in [4.69, 9.17) is 16.3 Å². The van der Waals surface area contributed by atoms with Crippen molar-refractivity contribution in [2.24, 2.45) is 7.05 Å². The molecule has 3 aromatic rings. The second-order valence-corrected chi connectivity index (χ2v) is 6.75. The zero-order valence-electron chi connectivity index (χ0n) is 13.6. The summed E-state index contributed by atoms with van der Waals surface area (Å²) in [6, 6.07) is 5.85. The molecule has 0 spiro atoms. The van der Waals surface area contributed by atoms with E-state index >= 15 is 0 Å². The molecular formula is C18H18ClN3O2. The number of hydrogen-bond donors (Lipinski definition) is 1. The summed E-state index contributed by atoms with van der Waals surface area (Å²) in [7, 11) is 1.81. The van der Waals surface area contributed by atoms with Gasteiger partial charge in [0.1, 0.15) is 11.7 Å². The first-order chi connectivity index (χ1) is 11.5. The number of ether oxygens (including phenoxy) is 1. The second-order valence-electron chi connectivity index (χ2n) is 6.31. The van der Waals surface area contributed by atoms with E-state index in [1.807, 2.05) is 32.2 Å². The first-order valence-electron chi connectivity index (χ1n) is 8.01. The van der Waals surface area contributed by atoms with E-state index in [2.05, 4.69) is 10.1 Å². The first-order valence-corrected chi connectivity index (χ1v) is 8.39. The molecule has 1 aliphatic rings. The van der Waals surface area contributed by atoms with Gasteiger partial charge in [0.25, 0.3) is 0 Å². The van der Waals surface area contributed by atoms with E-state index in [1.165, 1.54) is 11.3 Å². The van der Waals surface area contributed by atoms with Crippen LogP contribution in [0.1, 0.15) is 33.7 Å². The van der Waals surface area contributed by atoms with Crippen LogP contribution in [0.15, 0.2) is 24.4 Å². The molecular weight excluding hydrogens is 326 g/mol. The number of aromatic nitrogens is 3. The van der Waals surface area contributed by atoms with Gasteiger partial charge in [0.05, 0.1) is 6.20 Å². The molecule has 0 saturated carbocycles. The lowest BCUT2D eigenvalue weighted by Gasteiger charge is -2.22. The molecule has 0 saturated heterocycles. The molecule has 24 heavy (non-hydrogen) atoms. The number of hydrogen-bond acceptors (Lipinski definition) is 3. The van der Waals surface area contributed by atoms with Crippen molar-refractivity contribution in [1.82, 2.24) is 14.8 Å². The molecule has 1 atom stereocenters. The summed E-state index contributed by atoms with van der Waals surface area (Å²) >= 11 is 6.13. The summed E-state index contributed by atoms with van der Waals surface area (Å²) in [5.41, 5.74) is 4.86. The molecule has 124 valence electrons. The molecule has 0 aliphatic heterocycles. The van der Waals surface area contributed by atoms with Gasteiger partial charge in [-0.15, -0.1) is 0 Å². The molecule has 4 rings (SSSR count). The van der Waals surface area contributed by atoms with Crippen molar-refractivity contribution >= 4 is 28.5 Å². The number of halogens is 1. The van der Waals surface area contributed by atoms with Crippen molar-refractivity contribution in [2.75, 3.05) is 0 Å². The smallest absolute Gasteiger partial charge is 0.341 e. The number of nitrogens with zero attached hydrogens (tertiary/aromatic N) is 2. The summed E-state index contributed by atoms with van der Waals surface area (Å²) in [6.45, 7) is 1.87. The van der Waals surface area contributed by atoms with Crippen LogP contribution in [-0.4, -0.2) is 26.8 Å². The molecule has 6 heteroatoms. The van der Waals surface area contributed by atoms with Crippen molar-refractivity contribution in [3.63, 3.8) is 0 Å². The largest absolute Gasteiger partial charge is 0.458 e. The van der Waals surface area contributed by atoms with Gasteiger partial charge in [-0.05, 0) is 43.5 Å². The number of nitrogens with one attached hydrogen (secondary N) is 1. The number of benzene rings is 1. The molecule has 0 bridgehead atoms. The molecule has 1 aromatic carbocycles. The monoisotopic (exact) mass is 343 g/mol. The lowest BCUT2D eigenvalue weighted by Crippen LogP contribution is -2.25. The third-order valence-electron chi connectivity index (χ3n) is 4.83. The number of carbonyl (C=O) groups is 1. The van der Waals surface area contributed by atoms with E-state index in [1.54, 1.807) is 10.9 Å². The van der Waals surface area contributed by atoms with Crippen molar-refractivity contribution in [1.29, 1.82) is 0 Å². The van der Waals surface area contributed by atoms with Crippen LogP contribution in [0.5, 0.6) is 0 Å². The van der Waals surface area contributed by atoms with Crippen LogP contribution in [0.4, 0.5) is 0 Å². The number of esters is 1. The Balaban J connectivity index is 1.58. The maximum atomic E-state index is 12.4. The molecule has 1 aliphatic carbocycles. The Bertz CT molecular complexity index is 941. The van der Waals surface area contributed by atoms with Gasteiger partial charge in [0.2, 0.25) is 0 Å². The van der Waals surface area contributed by atoms with Crippen molar-refractivity contribution < 1.29 is 9.53 Å². The maximum Gasteiger partial charge on any atom is 0.341 e. The Hall–Kier alpha value is -2.27. The number of aromatic amines is 1. The Morgan fingerprint density at radius 3 is 3.04 bits per heavy atom. The van der Waals surface area contributed by atoms with Crippen LogP contribution in [0.2, 0.25) is 5.02 Å². The third-order valence-corrected chi connectivity index (χ3v) is 5.07. The van der Waals surface area contributed by atoms with E-state index in [0.29, 0.717) is 12.0 Å². The predicted molar refractivity (Wildman–Crippen MR) is 92.5 cm³/mol. The summed E-state index contributed by atoms with van der Waals surface area (Å²) in [5.74, 6) is -0.299. The minimum atomic E-state index is -0.299. The molecule has 0 unspecified atom stereocenters. The maximum absolute atomic E-state index is 12.4. The highest BCUT2D eigenvalue weighted by molar-refractivity contribution is 6.31. The van der Waals surface area contributed by atoms with Crippen molar-refractivity contribution in [2.45, 2.75) is 32.3 Å². The average molecular weight is 344 g/mol. The number of carbonyl (C=O) groups excluding carboxylic acids is 1. The van der Waals surface area contributed by atoms with Crippen LogP contribution in [0.25, 0.3) is 10.9 Å². The van der Waals surface area contributed by atoms with Crippen LogP contribution in [0, 0.1) is 6.92 Å². The molecule has 1 N–H and O–H groups in total. The quantitative estimate of drug-likeness (QED) is 0.723. The topological polar surface area (TPSA) is 59.9 Å². The number of rotatable bonds is 2. The number of fused-ring (bicyclic) bond motifs is 3. The zero-order valence-corrected chi connectivity index (χ0v) is 14.4. The number of H-pyrrole nitrogens is 1. The summed E-state index contributed by atoms with van der Waals surface area (Å²) in [5, 5.41) is 5.94. The molecule has 2 aromatic heterocycles. The van der Waals surface area contributed by atoms with Crippen LogP contribution >= 0.6 is 11.6 Å². The SMILES string of the molecule is Cc1c(C(=O)O[C@H]2CCc3[nH]c4ccc(Cl)cc4c3C2)cnn1C. The molecule has 2 heterocycles. The van der Waals surface area contributed by atoms with Crippen LogP contribution in [0.3, 0.4) is 0 Å². The van der Waals surface area contributed by atoms with Gasteiger partial charge in [-0.3, -0.25) is 4.68 Å².